The van der Waals surface area contributed by atoms with Crippen LogP contribution in [0, 0.1) is 0 Å². The fraction of sp³-hybridized carbons (Fsp3) is 0.882. The number of aliphatic imine (C=N–C) groups is 1. The molecule has 9 heteroatoms. The summed E-state index contributed by atoms with van der Waals surface area (Å²) in [6.45, 7) is 16.8. The SMILES string of the molecule is C.CC(C)(C)S.CC(C)(C)SSC1=NCCS1.CCO.S=C1NCCS1. The summed E-state index contributed by atoms with van der Waals surface area (Å²) >= 11 is 12.5. The minimum absolute atomic E-state index is 0. The zero-order valence-corrected chi connectivity index (χ0v) is 21.4. The van der Waals surface area contributed by atoms with Gasteiger partial charge < -0.3 is 10.4 Å². The minimum Gasteiger partial charge on any atom is -0.397 e. The van der Waals surface area contributed by atoms with Crippen molar-refractivity contribution in [3.8, 4) is 0 Å². The summed E-state index contributed by atoms with van der Waals surface area (Å²) in [6.07, 6.45) is 0. The van der Waals surface area contributed by atoms with Gasteiger partial charge in [-0.2, -0.15) is 12.6 Å². The van der Waals surface area contributed by atoms with Crippen molar-refractivity contribution in [3.63, 3.8) is 0 Å². The first-order valence-electron chi connectivity index (χ1n) is 8.15. The van der Waals surface area contributed by atoms with E-state index in [1.165, 1.54) is 10.1 Å². The van der Waals surface area contributed by atoms with Crippen molar-refractivity contribution in [3.05, 3.63) is 0 Å². The smallest absolute Gasteiger partial charge is 0.135 e. The zero-order chi connectivity index (χ0) is 19.9. The molecule has 0 atom stereocenters. The van der Waals surface area contributed by atoms with Crippen LogP contribution in [-0.2, 0) is 0 Å². The molecule has 0 aromatic heterocycles. The van der Waals surface area contributed by atoms with Gasteiger partial charge in [-0.3, -0.25) is 4.99 Å². The molecule has 2 heterocycles. The number of nitrogens with one attached hydrogen (secondary N) is 1. The van der Waals surface area contributed by atoms with E-state index >= 15 is 0 Å². The molecule has 2 N–H and O–H groups in total. The predicted octanol–water partition coefficient (Wildman–Crippen LogP) is 6.23. The molecule has 0 saturated carbocycles. The lowest BCUT2D eigenvalue weighted by Gasteiger charge is -2.15. The van der Waals surface area contributed by atoms with Crippen LogP contribution in [0.25, 0.3) is 0 Å². The molecule has 1 fully saturated rings. The van der Waals surface area contributed by atoms with Crippen LogP contribution in [0.2, 0.25) is 0 Å². The largest absolute Gasteiger partial charge is 0.397 e. The first-order valence-corrected chi connectivity index (χ1v) is 13.1. The second kappa shape index (κ2) is 18.3. The Bertz CT molecular complexity index is 364. The van der Waals surface area contributed by atoms with Gasteiger partial charge in [0.15, 0.2) is 0 Å². The number of nitrogens with zero attached hydrogens (tertiary/aromatic N) is 1. The lowest BCUT2D eigenvalue weighted by molar-refractivity contribution is 0.318. The van der Waals surface area contributed by atoms with Gasteiger partial charge in [-0.25, -0.2) is 0 Å². The number of thiocarbonyl (C=S) groups is 1. The Morgan fingerprint density at radius 2 is 1.69 bits per heavy atom. The van der Waals surface area contributed by atoms with Gasteiger partial charge >= 0.3 is 0 Å². The summed E-state index contributed by atoms with van der Waals surface area (Å²) in [4.78, 5) is 4.36. The van der Waals surface area contributed by atoms with Crippen LogP contribution in [0.4, 0.5) is 0 Å². The van der Waals surface area contributed by atoms with Crippen molar-refractivity contribution in [2.24, 2.45) is 4.99 Å². The van der Waals surface area contributed by atoms with Crippen LogP contribution < -0.4 is 5.32 Å². The summed E-state index contributed by atoms with van der Waals surface area (Å²) in [7, 11) is 3.72. The highest BCUT2D eigenvalue weighted by atomic mass is 33.1. The summed E-state index contributed by atoms with van der Waals surface area (Å²) in [6, 6.07) is 0. The van der Waals surface area contributed by atoms with E-state index in [1.54, 1.807) is 18.7 Å². The van der Waals surface area contributed by atoms with Crippen molar-refractivity contribution >= 4 is 78.7 Å². The van der Waals surface area contributed by atoms with Gasteiger partial charge in [0, 0.05) is 34.2 Å². The van der Waals surface area contributed by atoms with Crippen LogP contribution in [0.5, 0.6) is 0 Å². The van der Waals surface area contributed by atoms with Gasteiger partial charge in [0.1, 0.15) is 8.70 Å². The molecule has 0 unspecified atom stereocenters. The van der Waals surface area contributed by atoms with E-state index in [-0.39, 0.29) is 18.8 Å². The number of thiol groups is 1. The third-order valence-electron chi connectivity index (χ3n) is 1.53. The third kappa shape index (κ3) is 32.9. The first-order chi connectivity index (χ1) is 11.4. The molecule has 158 valence electrons. The molecular weight excluding hydrogens is 441 g/mol. The number of rotatable bonds is 1. The maximum Gasteiger partial charge on any atom is 0.135 e. The van der Waals surface area contributed by atoms with E-state index in [2.05, 4.69) is 64.5 Å². The Kier molecular flexibility index (Phi) is 22.5. The summed E-state index contributed by atoms with van der Waals surface area (Å²) < 4.78 is 2.75. The van der Waals surface area contributed by atoms with E-state index < -0.39 is 0 Å². The van der Waals surface area contributed by atoms with Gasteiger partial charge in [0.05, 0.1) is 6.54 Å². The average Bonchev–Trinajstić information content (AvgIpc) is 3.08. The molecule has 2 aliphatic heterocycles. The molecular formula is C17H38N2OS6. The average molecular weight is 479 g/mol. The fourth-order valence-electron chi connectivity index (χ4n) is 0.874. The Balaban J connectivity index is -0.000000301. The van der Waals surface area contributed by atoms with Crippen molar-refractivity contribution in [1.29, 1.82) is 0 Å². The van der Waals surface area contributed by atoms with Crippen LogP contribution >= 0.6 is 70.0 Å². The fourth-order valence-corrected chi connectivity index (χ4v) is 5.13. The molecule has 0 bridgehead atoms. The molecule has 1 saturated heterocycles. The van der Waals surface area contributed by atoms with E-state index in [0.29, 0.717) is 4.75 Å². The predicted molar refractivity (Wildman–Crippen MR) is 141 cm³/mol. The highest BCUT2D eigenvalue weighted by Crippen LogP contribution is 2.39. The molecule has 2 aliphatic rings. The number of hydrogen-bond donors (Lipinski definition) is 3. The molecule has 3 nitrogen and oxygen atoms in total. The molecule has 0 aromatic carbocycles. The molecule has 0 aromatic rings. The number of aliphatic hydroxyl groups is 1. The maximum atomic E-state index is 7.57. The van der Waals surface area contributed by atoms with Gasteiger partial charge in [-0.05, 0) is 17.7 Å². The minimum atomic E-state index is 0. The van der Waals surface area contributed by atoms with E-state index in [4.69, 9.17) is 17.3 Å². The zero-order valence-electron chi connectivity index (χ0n) is 16.4. The Hall–Kier alpha value is 1.27. The van der Waals surface area contributed by atoms with Crippen LogP contribution in [0.15, 0.2) is 4.99 Å². The topological polar surface area (TPSA) is 44.6 Å². The van der Waals surface area contributed by atoms with E-state index in [0.717, 1.165) is 23.2 Å². The highest BCUT2D eigenvalue weighted by Gasteiger charge is 2.15. The van der Waals surface area contributed by atoms with Crippen LogP contribution in [-0.4, -0.2) is 54.5 Å². The second-order valence-corrected chi connectivity index (χ2v) is 14.2. The monoisotopic (exact) mass is 478 g/mol. The van der Waals surface area contributed by atoms with Gasteiger partial charge in [-0.1, -0.05) is 95.5 Å². The van der Waals surface area contributed by atoms with Crippen LogP contribution in [0.1, 0.15) is 55.9 Å². The lowest BCUT2D eigenvalue weighted by atomic mass is 10.3. The Morgan fingerprint density at radius 3 is 1.92 bits per heavy atom. The molecule has 2 rings (SSSR count). The number of hydrogen-bond acceptors (Lipinski definition) is 8. The molecule has 0 spiro atoms. The van der Waals surface area contributed by atoms with Gasteiger partial charge in [-0.15, -0.1) is 0 Å². The summed E-state index contributed by atoms with van der Waals surface area (Å²) in [5.74, 6) is 2.33. The highest BCUT2D eigenvalue weighted by molar-refractivity contribution is 8.86. The summed E-state index contributed by atoms with van der Waals surface area (Å²) in [5.41, 5.74) is 0. The Morgan fingerprint density at radius 1 is 1.19 bits per heavy atom. The van der Waals surface area contributed by atoms with Gasteiger partial charge in [0.2, 0.25) is 0 Å². The third-order valence-corrected chi connectivity index (χ3v) is 7.60. The first kappa shape index (κ1) is 31.9. The second-order valence-electron chi connectivity index (χ2n) is 6.82. The molecule has 0 radical (unpaired) electrons. The molecule has 0 amide bonds. The molecule has 26 heavy (non-hydrogen) atoms. The van der Waals surface area contributed by atoms with Crippen molar-refractivity contribution in [1.82, 2.24) is 5.32 Å². The number of thioether (sulfide) groups is 2. The summed E-state index contributed by atoms with van der Waals surface area (Å²) in [5, 5.41) is 10.6. The van der Waals surface area contributed by atoms with E-state index in [1.807, 2.05) is 33.3 Å². The van der Waals surface area contributed by atoms with E-state index in [9.17, 15) is 0 Å². The standard InChI is InChI=1S/C7H13NS3.C4H10S.C3H5NS2.C2H6O.CH4/c1-7(2,3)11-10-6-8-4-5-9-6;1-4(2,3)5;5-3-4-1-2-6-3;1-2-3;/h4-5H2,1-3H3;5H,1-3H3;1-2H2,(H,4,5);3H,2H2,1H3;1H4. The number of aliphatic hydroxyl groups excluding tert-OH is 1. The lowest BCUT2D eigenvalue weighted by Crippen LogP contribution is -2.09. The van der Waals surface area contributed by atoms with Crippen molar-refractivity contribution in [2.45, 2.75) is 65.4 Å². The normalized spacial score (nSPS) is 15.7. The van der Waals surface area contributed by atoms with Crippen LogP contribution in [0.3, 0.4) is 0 Å². The maximum absolute atomic E-state index is 7.57. The Labute approximate surface area is 189 Å². The van der Waals surface area contributed by atoms with Crippen molar-refractivity contribution < 1.29 is 5.11 Å². The molecule has 0 aliphatic carbocycles. The quantitative estimate of drug-likeness (QED) is 0.235. The van der Waals surface area contributed by atoms with Crippen molar-refractivity contribution in [2.75, 3.05) is 31.2 Å². The van der Waals surface area contributed by atoms with Gasteiger partial charge in [0.25, 0.3) is 0 Å².